The third-order valence-electron chi connectivity index (χ3n) is 5.09. The molecule has 2 aliphatic heterocycles. The van der Waals surface area contributed by atoms with E-state index in [1.165, 1.54) is 51.7 Å². The van der Waals surface area contributed by atoms with Crippen molar-refractivity contribution in [2.24, 2.45) is 11.3 Å². The third-order valence-corrected chi connectivity index (χ3v) is 5.09. The van der Waals surface area contributed by atoms with Crippen LogP contribution in [-0.4, -0.2) is 48.4 Å². The first-order chi connectivity index (χ1) is 9.06. The second-order valence-electron chi connectivity index (χ2n) is 6.82. The molecule has 0 aromatic rings. The van der Waals surface area contributed by atoms with Crippen LogP contribution in [0.1, 0.15) is 52.9 Å². The average molecular weight is 266 g/mol. The Morgan fingerprint density at radius 3 is 2.05 bits per heavy atom. The summed E-state index contributed by atoms with van der Waals surface area (Å²) >= 11 is 0. The fraction of sp³-hybridized carbons (Fsp3) is 0.938. The van der Waals surface area contributed by atoms with Gasteiger partial charge in [-0.15, -0.1) is 0 Å². The molecule has 2 aliphatic rings. The number of piperidine rings is 2. The number of rotatable bonds is 3. The molecule has 3 heteroatoms. The summed E-state index contributed by atoms with van der Waals surface area (Å²) in [6, 6.07) is 0. The normalized spacial score (nSPS) is 24.1. The Morgan fingerprint density at radius 1 is 1.05 bits per heavy atom. The molecular formula is C16H30N2O. The highest BCUT2D eigenvalue weighted by molar-refractivity contribution is 5.78. The minimum atomic E-state index is 0.153. The van der Waals surface area contributed by atoms with Crippen LogP contribution >= 0.6 is 0 Å². The second-order valence-corrected chi connectivity index (χ2v) is 6.82. The molecule has 3 nitrogen and oxygen atoms in total. The van der Waals surface area contributed by atoms with Crippen molar-refractivity contribution in [3.8, 4) is 0 Å². The highest BCUT2D eigenvalue weighted by Crippen LogP contribution is 2.41. The van der Waals surface area contributed by atoms with Gasteiger partial charge >= 0.3 is 0 Å². The van der Waals surface area contributed by atoms with Gasteiger partial charge in [0.15, 0.2) is 0 Å². The maximum absolute atomic E-state index is 12.0. The second kappa shape index (κ2) is 6.25. The largest absolute Gasteiger partial charge is 0.342 e. The van der Waals surface area contributed by atoms with Crippen molar-refractivity contribution in [1.29, 1.82) is 0 Å². The highest BCUT2D eigenvalue weighted by Gasteiger charge is 2.38. The summed E-state index contributed by atoms with van der Waals surface area (Å²) in [6.07, 6.45) is 6.41. The molecule has 0 aromatic carbocycles. The van der Waals surface area contributed by atoms with Crippen molar-refractivity contribution in [1.82, 2.24) is 9.80 Å². The van der Waals surface area contributed by atoms with Crippen molar-refractivity contribution >= 4 is 5.91 Å². The Bertz CT molecular complexity index is 296. The Morgan fingerprint density at radius 2 is 1.58 bits per heavy atom. The van der Waals surface area contributed by atoms with Gasteiger partial charge in [0.25, 0.3) is 0 Å². The maximum atomic E-state index is 12.0. The molecule has 2 fully saturated rings. The predicted octanol–water partition coefficient (Wildman–Crippen LogP) is 2.76. The molecule has 0 atom stereocenters. The number of nitrogens with zero attached hydrogens (tertiary/aromatic N) is 2. The monoisotopic (exact) mass is 266 g/mol. The van der Waals surface area contributed by atoms with E-state index >= 15 is 0 Å². The molecule has 0 saturated carbocycles. The van der Waals surface area contributed by atoms with E-state index in [2.05, 4.69) is 16.7 Å². The zero-order valence-electron chi connectivity index (χ0n) is 13.0. The van der Waals surface area contributed by atoms with Gasteiger partial charge < -0.3 is 9.80 Å². The van der Waals surface area contributed by atoms with Crippen LogP contribution in [-0.2, 0) is 4.79 Å². The fourth-order valence-electron chi connectivity index (χ4n) is 3.63. The molecule has 2 saturated heterocycles. The maximum Gasteiger partial charge on any atom is 0.225 e. The highest BCUT2D eigenvalue weighted by atomic mass is 16.2. The minimum Gasteiger partial charge on any atom is -0.342 e. The lowest BCUT2D eigenvalue weighted by Crippen LogP contribution is -2.49. The van der Waals surface area contributed by atoms with Gasteiger partial charge in [0.2, 0.25) is 5.91 Å². The number of carbonyl (C=O) groups is 1. The third kappa shape index (κ3) is 3.50. The molecule has 0 bridgehead atoms. The first kappa shape index (κ1) is 14.8. The van der Waals surface area contributed by atoms with Crippen LogP contribution in [0.3, 0.4) is 0 Å². The van der Waals surface area contributed by atoms with Gasteiger partial charge in [0, 0.05) is 19.0 Å². The molecule has 0 radical (unpaired) electrons. The van der Waals surface area contributed by atoms with E-state index in [-0.39, 0.29) is 5.92 Å². The number of amides is 1. The number of hydrogen-bond acceptors (Lipinski definition) is 2. The molecule has 2 heterocycles. The van der Waals surface area contributed by atoms with Crippen LogP contribution < -0.4 is 0 Å². The van der Waals surface area contributed by atoms with E-state index in [0.29, 0.717) is 11.3 Å². The molecule has 2 rings (SSSR count). The van der Waals surface area contributed by atoms with E-state index in [1.54, 1.807) is 0 Å². The summed E-state index contributed by atoms with van der Waals surface area (Å²) in [5.74, 6) is 0.499. The quantitative estimate of drug-likeness (QED) is 0.784. The summed E-state index contributed by atoms with van der Waals surface area (Å²) in [5.41, 5.74) is 0.554. The van der Waals surface area contributed by atoms with Gasteiger partial charge in [-0.2, -0.15) is 0 Å². The Labute approximate surface area is 118 Å². The molecule has 1 amide bonds. The fourth-order valence-corrected chi connectivity index (χ4v) is 3.63. The van der Waals surface area contributed by atoms with Crippen LogP contribution in [0.4, 0.5) is 0 Å². The Hall–Kier alpha value is -0.570. The lowest BCUT2D eigenvalue weighted by atomic mass is 9.71. The van der Waals surface area contributed by atoms with Crippen molar-refractivity contribution in [2.45, 2.75) is 52.9 Å². The van der Waals surface area contributed by atoms with Crippen LogP contribution in [0.15, 0.2) is 0 Å². The van der Waals surface area contributed by atoms with E-state index < -0.39 is 0 Å². The van der Waals surface area contributed by atoms with Gasteiger partial charge in [-0.25, -0.2) is 0 Å². The van der Waals surface area contributed by atoms with Gasteiger partial charge in [-0.05, 0) is 57.2 Å². The molecule has 0 unspecified atom stereocenters. The summed E-state index contributed by atoms with van der Waals surface area (Å²) in [7, 11) is 0. The SMILES string of the molecule is CCCN1CCC2(CC1)CCN(C(=O)C(C)C)CC2. The van der Waals surface area contributed by atoms with Crippen molar-refractivity contribution in [3.63, 3.8) is 0 Å². The molecule has 19 heavy (non-hydrogen) atoms. The smallest absolute Gasteiger partial charge is 0.225 e. The molecule has 0 N–H and O–H groups in total. The van der Waals surface area contributed by atoms with Gasteiger partial charge in [-0.3, -0.25) is 4.79 Å². The first-order valence-corrected chi connectivity index (χ1v) is 8.07. The summed E-state index contributed by atoms with van der Waals surface area (Å²) in [5, 5.41) is 0. The van der Waals surface area contributed by atoms with Crippen LogP contribution in [0.5, 0.6) is 0 Å². The Balaban J connectivity index is 1.82. The van der Waals surface area contributed by atoms with E-state index in [9.17, 15) is 4.79 Å². The number of likely N-dealkylation sites (tertiary alicyclic amines) is 2. The lowest BCUT2D eigenvalue weighted by Gasteiger charge is -2.47. The van der Waals surface area contributed by atoms with Crippen LogP contribution in [0.2, 0.25) is 0 Å². The zero-order chi connectivity index (χ0) is 13.9. The van der Waals surface area contributed by atoms with Crippen molar-refractivity contribution in [3.05, 3.63) is 0 Å². The summed E-state index contributed by atoms with van der Waals surface area (Å²) < 4.78 is 0. The number of carbonyl (C=O) groups excluding carboxylic acids is 1. The molecule has 1 spiro atoms. The van der Waals surface area contributed by atoms with E-state index in [1.807, 2.05) is 13.8 Å². The summed E-state index contributed by atoms with van der Waals surface area (Å²) in [4.78, 5) is 16.7. The van der Waals surface area contributed by atoms with E-state index in [4.69, 9.17) is 0 Å². The van der Waals surface area contributed by atoms with Crippen LogP contribution in [0, 0.1) is 11.3 Å². The van der Waals surface area contributed by atoms with Crippen LogP contribution in [0.25, 0.3) is 0 Å². The van der Waals surface area contributed by atoms with Crippen molar-refractivity contribution in [2.75, 3.05) is 32.7 Å². The van der Waals surface area contributed by atoms with Crippen molar-refractivity contribution < 1.29 is 4.79 Å². The Kier molecular flexibility index (Phi) is 4.88. The number of hydrogen-bond donors (Lipinski definition) is 0. The zero-order valence-corrected chi connectivity index (χ0v) is 13.0. The molecular weight excluding hydrogens is 236 g/mol. The molecule has 110 valence electrons. The average Bonchev–Trinajstić information content (AvgIpc) is 2.42. The van der Waals surface area contributed by atoms with Gasteiger partial charge in [-0.1, -0.05) is 20.8 Å². The molecule has 0 aliphatic carbocycles. The standard InChI is InChI=1S/C16H30N2O/c1-4-9-17-10-5-16(6-11-17)7-12-18(13-8-16)15(19)14(2)3/h14H,4-13H2,1-3H3. The van der Waals surface area contributed by atoms with Gasteiger partial charge in [0.05, 0.1) is 0 Å². The topological polar surface area (TPSA) is 23.6 Å². The van der Waals surface area contributed by atoms with E-state index in [0.717, 1.165) is 13.1 Å². The summed E-state index contributed by atoms with van der Waals surface area (Å²) in [6.45, 7) is 12.1. The first-order valence-electron chi connectivity index (χ1n) is 8.07. The molecule has 0 aromatic heterocycles. The predicted molar refractivity (Wildman–Crippen MR) is 79.1 cm³/mol. The lowest BCUT2D eigenvalue weighted by molar-refractivity contribution is -0.137. The minimum absolute atomic E-state index is 0.153. The van der Waals surface area contributed by atoms with Gasteiger partial charge in [0.1, 0.15) is 0 Å².